The molecule has 0 aliphatic heterocycles. The topological polar surface area (TPSA) is 30.7 Å². The first-order valence-electron chi connectivity index (χ1n) is 6.29. The molecule has 0 bridgehead atoms. The molecule has 3 nitrogen and oxygen atoms in total. The van der Waals surface area contributed by atoms with Crippen molar-refractivity contribution in [2.24, 2.45) is 0 Å². The van der Waals surface area contributed by atoms with Gasteiger partial charge in [0.05, 0.1) is 0 Å². The van der Waals surface area contributed by atoms with Gasteiger partial charge in [-0.3, -0.25) is 0 Å². The number of hydrogen-bond acceptors (Lipinski definition) is 3. The van der Waals surface area contributed by atoms with Crippen molar-refractivity contribution < 1.29 is 0 Å². The maximum atomic E-state index is 4.24. The molecule has 18 heavy (non-hydrogen) atoms. The highest BCUT2D eigenvalue weighted by molar-refractivity contribution is 7.98. The van der Waals surface area contributed by atoms with Crippen LogP contribution in [0.25, 0.3) is 0 Å². The number of thioether (sulfide) groups is 1. The Morgan fingerprint density at radius 2 is 1.83 bits per heavy atom. The molecule has 0 fully saturated rings. The first-order chi connectivity index (χ1) is 8.70. The van der Waals surface area contributed by atoms with E-state index in [9.17, 15) is 0 Å². The summed E-state index contributed by atoms with van der Waals surface area (Å²) >= 11 is 1.76. The highest BCUT2D eigenvalue weighted by Crippen LogP contribution is 2.22. The van der Waals surface area contributed by atoms with Gasteiger partial charge in [-0.1, -0.05) is 48.5 Å². The molecule has 0 amide bonds. The van der Waals surface area contributed by atoms with Gasteiger partial charge in [0.1, 0.15) is 5.82 Å². The molecule has 0 N–H and O–H groups in total. The standard InChI is InChI=1S/C14H19N3S/c1-4-9-17-12(3)15-16-14(17)18-10-13-7-5-11(2)6-8-13/h5-8H,4,9-10H2,1-3H3. The number of aromatic nitrogens is 3. The number of hydrogen-bond donors (Lipinski definition) is 0. The van der Waals surface area contributed by atoms with Gasteiger partial charge in [-0.2, -0.15) is 0 Å². The number of rotatable bonds is 5. The Morgan fingerprint density at radius 1 is 1.11 bits per heavy atom. The molecule has 0 saturated carbocycles. The summed E-state index contributed by atoms with van der Waals surface area (Å²) in [5, 5.41) is 9.42. The second kappa shape index (κ2) is 6.05. The van der Waals surface area contributed by atoms with Gasteiger partial charge in [0.15, 0.2) is 5.16 Å². The van der Waals surface area contributed by atoms with Crippen LogP contribution in [0.2, 0.25) is 0 Å². The average molecular weight is 261 g/mol. The van der Waals surface area contributed by atoms with E-state index in [4.69, 9.17) is 0 Å². The summed E-state index contributed by atoms with van der Waals surface area (Å²) in [4.78, 5) is 0. The van der Waals surface area contributed by atoms with Crippen molar-refractivity contribution in [3.63, 3.8) is 0 Å². The van der Waals surface area contributed by atoms with E-state index in [2.05, 4.69) is 52.9 Å². The molecule has 0 unspecified atom stereocenters. The van der Waals surface area contributed by atoms with Crippen LogP contribution in [0.5, 0.6) is 0 Å². The summed E-state index contributed by atoms with van der Waals surface area (Å²) in [6.07, 6.45) is 1.11. The third kappa shape index (κ3) is 3.13. The Labute approximate surface area is 113 Å². The first kappa shape index (κ1) is 13.1. The van der Waals surface area contributed by atoms with Crippen molar-refractivity contribution >= 4 is 11.8 Å². The number of aryl methyl sites for hydroxylation is 2. The van der Waals surface area contributed by atoms with Gasteiger partial charge in [-0.25, -0.2) is 0 Å². The van der Waals surface area contributed by atoms with E-state index in [1.165, 1.54) is 11.1 Å². The molecule has 1 aromatic heterocycles. The molecular formula is C14H19N3S. The van der Waals surface area contributed by atoms with Gasteiger partial charge >= 0.3 is 0 Å². The predicted molar refractivity (Wildman–Crippen MR) is 75.8 cm³/mol. The van der Waals surface area contributed by atoms with Crippen LogP contribution in [0.15, 0.2) is 29.4 Å². The minimum absolute atomic E-state index is 0.947. The van der Waals surface area contributed by atoms with Crippen molar-refractivity contribution in [1.29, 1.82) is 0 Å². The van der Waals surface area contributed by atoms with Crippen LogP contribution in [0.4, 0.5) is 0 Å². The van der Waals surface area contributed by atoms with Gasteiger partial charge in [-0.15, -0.1) is 10.2 Å². The fourth-order valence-electron chi connectivity index (χ4n) is 1.78. The van der Waals surface area contributed by atoms with Gasteiger partial charge < -0.3 is 4.57 Å². The van der Waals surface area contributed by atoms with E-state index in [0.717, 1.165) is 29.7 Å². The largest absolute Gasteiger partial charge is 0.306 e. The maximum Gasteiger partial charge on any atom is 0.191 e. The van der Waals surface area contributed by atoms with Gasteiger partial charge in [0.2, 0.25) is 0 Å². The van der Waals surface area contributed by atoms with E-state index in [0.29, 0.717) is 0 Å². The molecule has 96 valence electrons. The second-order valence-corrected chi connectivity index (χ2v) is 5.40. The maximum absolute atomic E-state index is 4.24. The van der Waals surface area contributed by atoms with Crippen LogP contribution in [-0.2, 0) is 12.3 Å². The smallest absolute Gasteiger partial charge is 0.191 e. The minimum atomic E-state index is 0.947. The average Bonchev–Trinajstić information content (AvgIpc) is 2.71. The van der Waals surface area contributed by atoms with Crippen molar-refractivity contribution in [3.8, 4) is 0 Å². The molecule has 4 heteroatoms. The number of nitrogens with zero attached hydrogens (tertiary/aromatic N) is 3. The SMILES string of the molecule is CCCn1c(C)nnc1SCc1ccc(C)cc1. The van der Waals surface area contributed by atoms with Crippen LogP contribution < -0.4 is 0 Å². The van der Waals surface area contributed by atoms with Gasteiger partial charge in [-0.05, 0) is 25.8 Å². The predicted octanol–water partition coefficient (Wildman–Crippen LogP) is 3.60. The van der Waals surface area contributed by atoms with Crippen LogP contribution in [-0.4, -0.2) is 14.8 Å². The quantitative estimate of drug-likeness (QED) is 0.771. The fraction of sp³-hybridized carbons (Fsp3) is 0.429. The highest BCUT2D eigenvalue weighted by Gasteiger charge is 2.08. The molecular weight excluding hydrogens is 242 g/mol. The summed E-state index contributed by atoms with van der Waals surface area (Å²) < 4.78 is 2.19. The van der Waals surface area contributed by atoms with Crippen LogP contribution in [0.3, 0.4) is 0 Å². The summed E-state index contributed by atoms with van der Waals surface area (Å²) in [6, 6.07) is 8.65. The Bertz CT molecular complexity index is 502. The third-order valence-corrected chi connectivity index (χ3v) is 3.88. The normalized spacial score (nSPS) is 10.8. The van der Waals surface area contributed by atoms with Crippen LogP contribution in [0.1, 0.15) is 30.3 Å². The lowest BCUT2D eigenvalue weighted by Gasteiger charge is -2.06. The second-order valence-electron chi connectivity index (χ2n) is 4.46. The zero-order chi connectivity index (χ0) is 13.0. The Morgan fingerprint density at radius 3 is 2.50 bits per heavy atom. The molecule has 0 saturated heterocycles. The number of benzene rings is 1. The molecule has 1 heterocycles. The zero-order valence-corrected chi connectivity index (χ0v) is 12.0. The summed E-state index contributed by atoms with van der Waals surface area (Å²) in [5.74, 6) is 1.95. The first-order valence-corrected chi connectivity index (χ1v) is 7.27. The lowest BCUT2D eigenvalue weighted by Crippen LogP contribution is -2.01. The monoisotopic (exact) mass is 261 g/mol. The third-order valence-electron chi connectivity index (χ3n) is 2.84. The van der Waals surface area contributed by atoms with E-state index in [1.54, 1.807) is 11.8 Å². The van der Waals surface area contributed by atoms with Crippen LogP contribution in [0, 0.1) is 13.8 Å². The minimum Gasteiger partial charge on any atom is -0.306 e. The molecule has 1 aromatic carbocycles. The molecule has 0 aliphatic rings. The van der Waals surface area contributed by atoms with Crippen LogP contribution >= 0.6 is 11.8 Å². The Balaban J connectivity index is 2.03. The summed E-state index contributed by atoms with van der Waals surface area (Å²) in [7, 11) is 0. The van der Waals surface area contributed by atoms with Crippen molar-refractivity contribution in [3.05, 3.63) is 41.2 Å². The molecule has 0 radical (unpaired) electrons. The van der Waals surface area contributed by atoms with E-state index < -0.39 is 0 Å². The summed E-state index contributed by atoms with van der Waals surface area (Å²) in [5.41, 5.74) is 2.63. The highest BCUT2D eigenvalue weighted by atomic mass is 32.2. The molecule has 0 atom stereocenters. The van der Waals surface area contributed by atoms with Crippen molar-refractivity contribution in [2.75, 3.05) is 0 Å². The lowest BCUT2D eigenvalue weighted by molar-refractivity contribution is 0.605. The van der Waals surface area contributed by atoms with E-state index in [-0.39, 0.29) is 0 Å². The molecule has 2 rings (SSSR count). The summed E-state index contributed by atoms with van der Waals surface area (Å²) in [6.45, 7) is 7.29. The molecule has 0 spiro atoms. The Hall–Kier alpha value is -1.29. The fourth-order valence-corrected chi connectivity index (χ4v) is 2.75. The molecule has 0 aliphatic carbocycles. The zero-order valence-electron chi connectivity index (χ0n) is 11.2. The Kier molecular flexibility index (Phi) is 4.42. The van der Waals surface area contributed by atoms with Crippen molar-refractivity contribution in [1.82, 2.24) is 14.8 Å². The molecule has 2 aromatic rings. The lowest BCUT2D eigenvalue weighted by atomic mass is 10.2. The van der Waals surface area contributed by atoms with E-state index >= 15 is 0 Å². The van der Waals surface area contributed by atoms with Crippen molar-refractivity contribution in [2.45, 2.75) is 44.6 Å². The van der Waals surface area contributed by atoms with Gasteiger partial charge in [0, 0.05) is 12.3 Å². The van der Waals surface area contributed by atoms with Gasteiger partial charge in [0.25, 0.3) is 0 Å². The van der Waals surface area contributed by atoms with E-state index in [1.807, 2.05) is 6.92 Å².